The van der Waals surface area contributed by atoms with Crippen molar-refractivity contribution in [2.45, 2.75) is 155 Å². The van der Waals surface area contributed by atoms with Crippen LogP contribution in [0.3, 0.4) is 0 Å². The number of hydrogen-bond acceptors (Lipinski definition) is 13. The molecule has 8 atom stereocenters. The molecule has 2 heterocycles. The van der Waals surface area contributed by atoms with E-state index < -0.39 is 121 Å². The highest BCUT2D eigenvalue weighted by Gasteiger charge is 2.40. The molecule has 0 saturated carbocycles. The van der Waals surface area contributed by atoms with Crippen LogP contribution < -0.4 is 54.4 Å². The molecule has 0 spiro atoms. The monoisotopic (exact) mass is 991 g/mol. The number of likely N-dealkylation sites (tertiary alicyclic amines) is 1. The Morgan fingerprint density at radius 3 is 1.81 bits per heavy atom. The predicted octanol–water partition coefficient (Wildman–Crippen LogP) is -2.78. The second-order valence-electron chi connectivity index (χ2n) is 19.2. The molecule has 1 aromatic rings. The molecule has 16 N–H and O–H groups in total. The number of aliphatic hydroxyl groups excluding tert-OH is 1. The van der Waals surface area contributed by atoms with Crippen molar-refractivity contribution in [2.75, 3.05) is 26.2 Å². The van der Waals surface area contributed by atoms with E-state index in [1.807, 2.05) is 27.7 Å². The van der Waals surface area contributed by atoms with Crippen LogP contribution in [-0.2, 0) is 49.6 Å². The summed E-state index contributed by atoms with van der Waals surface area (Å²) in [5, 5.41) is 37.8. The van der Waals surface area contributed by atoms with Crippen molar-refractivity contribution in [2.24, 2.45) is 45.9 Å². The third kappa shape index (κ3) is 20.7. The molecule has 0 aromatic carbocycles. The van der Waals surface area contributed by atoms with Gasteiger partial charge < -0.3 is 74.5 Å². The zero-order chi connectivity index (χ0) is 52.8. The summed E-state index contributed by atoms with van der Waals surface area (Å²) in [6.07, 6.45) is 4.37. The second kappa shape index (κ2) is 29.6. The number of carbonyl (C=O) groups excluding carboxylic acids is 8. The number of aromatic nitrogens is 2. The number of aliphatic imine (C=N–C) groups is 1. The van der Waals surface area contributed by atoms with Crippen LogP contribution in [0.1, 0.15) is 106 Å². The Bertz CT molecular complexity index is 1940. The summed E-state index contributed by atoms with van der Waals surface area (Å²) in [5.74, 6) is -8.07. The quantitative estimate of drug-likeness (QED) is 0.0211. The number of aliphatic hydroxyl groups is 1. The average Bonchev–Trinajstić information content (AvgIpc) is 3.98. The summed E-state index contributed by atoms with van der Waals surface area (Å²) < 4.78 is 0. The number of rotatable bonds is 30. The summed E-state index contributed by atoms with van der Waals surface area (Å²) in [6.45, 7) is 12.9. The molecule has 1 aliphatic rings. The first-order valence-corrected chi connectivity index (χ1v) is 23.9. The lowest BCUT2D eigenvalue weighted by Crippen LogP contribution is -2.60. The minimum Gasteiger partial charge on any atom is -0.480 e. The van der Waals surface area contributed by atoms with Crippen LogP contribution in [0, 0.1) is 23.7 Å². The molecule has 25 nitrogen and oxygen atoms in total. The van der Waals surface area contributed by atoms with Crippen molar-refractivity contribution in [3.05, 3.63) is 18.2 Å². The topological polar surface area (TPSA) is 401 Å². The molecule has 1 saturated heterocycles. The van der Waals surface area contributed by atoms with Crippen molar-refractivity contribution in [3.63, 3.8) is 0 Å². The molecule has 1 aromatic heterocycles. The van der Waals surface area contributed by atoms with Crippen LogP contribution in [0.5, 0.6) is 0 Å². The van der Waals surface area contributed by atoms with Gasteiger partial charge >= 0.3 is 5.97 Å². The zero-order valence-electron chi connectivity index (χ0n) is 41.7. The van der Waals surface area contributed by atoms with Gasteiger partial charge in [-0.2, -0.15) is 0 Å². The molecule has 8 amide bonds. The number of amides is 8. The van der Waals surface area contributed by atoms with Gasteiger partial charge in [-0.1, -0.05) is 55.4 Å². The highest BCUT2D eigenvalue weighted by Crippen LogP contribution is 2.21. The Morgan fingerprint density at radius 2 is 1.30 bits per heavy atom. The number of nitrogens with two attached hydrogens (primary N) is 3. The molecule has 0 bridgehead atoms. The number of hydrogen-bond donors (Lipinski definition) is 13. The SMILES string of the molecule is CC(C)CC(NC(=O)C(N)Cc1cnc[nH]1)C(=O)NC(CO)C(=O)NC(CC(C)C)C(=O)NC(CCCN=C(N)N)C(=O)NCC(=O)NC(CC(C)C)C(=O)N1CCCC1C(=O)NC(C(=O)O)C(C)C. The van der Waals surface area contributed by atoms with Crippen LogP contribution in [0.25, 0.3) is 0 Å². The normalized spacial score (nSPS) is 16.5. The molecule has 8 unspecified atom stereocenters. The summed E-state index contributed by atoms with van der Waals surface area (Å²) in [6, 6.07) is -9.55. The number of carboxylic acids is 1. The lowest BCUT2D eigenvalue weighted by molar-refractivity contribution is -0.145. The smallest absolute Gasteiger partial charge is 0.326 e. The lowest BCUT2D eigenvalue weighted by Gasteiger charge is -2.30. The third-order valence-electron chi connectivity index (χ3n) is 11.2. The van der Waals surface area contributed by atoms with E-state index in [0.717, 1.165) is 0 Å². The third-order valence-corrected chi connectivity index (χ3v) is 11.2. The molecule has 394 valence electrons. The maximum absolute atomic E-state index is 14.0. The largest absolute Gasteiger partial charge is 0.480 e. The Morgan fingerprint density at radius 1 is 0.757 bits per heavy atom. The van der Waals surface area contributed by atoms with Crippen LogP contribution >= 0.6 is 0 Å². The van der Waals surface area contributed by atoms with Gasteiger partial charge in [0, 0.05) is 31.4 Å². The van der Waals surface area contributed by atoms with E-state index in [0.29, 0.717) is 18.5 Å². The molecule has 1 fully saturated rings. The number of nitrogens with one attached hydrogen (secondary N) is 8. The number of carbonyl (C=O) groups is 9. The minimum atomic E-state index is -1.56. The summed E-state index contributed by atoms with van der Waals surface area (Å²) >= 11 is 0. The van der Waals surface area contributed by atoms with Crippen LogP contribution in [0.4, 0.5) is 0 Å². The molecule has 1 aliphatic heterocycles. The first-order chi connectivity index (χ1) is 32.8. The van der Waals surface area contributed by atoms with Crippen molar-refractivity contribution < 1.29 is 53.4 Å². The van der Waals surface area contributed by atoms with Gasteiger partial charge in [0.25, 0.3) is 0 Å². The number of nitrogens with zero attached hydrogens (tertiary/aromatic N) is 3. The predicted molar refractivity (Wildman–Crippen MR) is 257 cm³/mol. The highest BCUT2D eigenvalue weighted by atomic mass is 16.4. The van der Waals surface area contributed by atoms with Crippen molar-refractivity contribution in [1.29, 1.82) is 0 Å². The van der Waals surface area contributed by atoms with Gasteiger partial charge in [-0.15, -0.1) is 0 Å². The van der Waals surface area contributed by atoms with Crippen molar-refractivity contribution >= 4 is 59.2 Å². The van der Waals surface area contributed by atoms with E-state index in [9.17, 15) is 53.4 Å². The molecular weight excluding hydrogens is 913 g/mol. The fraction of sp³-hybridized carbons (Fsp3) is 0.711. The number of aliphatic carboxylic acids is 1. The molecule has 0 radical (unpaired) electrons. The first kappa shape index (κ1) is 59.8. The maximum atomic E-state index is 14.0. The van der Waals surface area contributed by atoms with Crippen LogP contribution in [0.2, 0.25) is 0 Å². The van der Waals surface area contributed by atoms with Crippen molar-refractivity contribution in [1.82, 2.24) is 52.1 Å². The van der Waals surface area contributed by atoms with E-state index in [2.05, 4.69) is 52.2 Å². The number of imidazole rings is 1. The van der Waals surface area contributed by atoms with E-state index in [1.165, 1.54) is 17.4 Å². The average molecular weight is 991 g/mol. The Hall–Kier alpha value is -6.37. The van der Waals surface area contributed by atoms with Gasteiger partial charge in [-0.05, 0) is 68.6 Å². The summed E-state index contributed by atoms with van der Waals surface area (Å²) in [5.41, 5.74) is 17.6. The van der Waals surface area contributed by atoms with Gasteiger partial charge in [0.1, 0.15) is 42.3 Å². The number of aromatic amines is 1. The lowest BCUT2D eigenvalue weighted by atomic mass is 10.0. The number of carboxylic acid groups (broad SMARTS) is 1. The van der Waals surface area contributed by atoms with Gasteiger partial charge in [0.05, 0.1) is 25.5 Å². The summed E-state index contributed by atoms with van der Waals surface area (Å²) in [7, 11) is 0. The van der Waals surface area contributed by atoms with E-state index in [-0.39, 0.29) is 75.3 Å². The molecule has 0 aliphatic carbocycles. The second-order valence-corrected chi connectivity index (χ2v) is 19.2. The molecule has 2 rings (SSSR count). The van der Waals surface area contributed by atoms with Crippen LogP contribution in [0.15, 0.2) is 17.5 Å². The van der Waals surface area contributed by atoms with Gasteiger partial charge in [0.2, 0.25) is 47.3 Å². The standard InChI is InChI=1S/C45H78N14O11/c1-23(2)15-30(55-37(62)28(46)18-27-19-49-22-52-27)40(65)57-33(21-60)41(66)56-31(16-24(3)4)39(64)54-29(11-9-13-50-45(47)48)38(63)51-20-35(61)53-32(17-25(5)6)43(68)59-14-10-12-34(59)42(67)58-36(26(7)8)44(69)70/h19,22-26,28-34,36,60H,9-18,20-21,46H2,1-8H3,(H,49,52)(H,51,63)(H,53,61)(H,54,64)(H,55,62)(H,56,66)(H,57,65)(H,58,67)(H,69,70)(H4,47,48,50). The van der Waals surface area contributed by atoms with E-state index in [1.54, 1.807) is 27.7 Å². The summed E-state index contributed by atoms with van der Waals surface area (Å²) in [4.78, 5) is 132. The molecule has 70 heavy (non-hydrogen) atoms. The Kier molecular flexibility index (Phi) is 25.3. The highest BCUT2D eigenvalue weighted by molar-refractivity contribution is 5.97. The molecule has 25 heteroatoms. The number of guanidine groups is 1. The van der Waals surface area contributed by atoms with Gasteiger partial charge in [-0.3, -0.25) is 43.3 Å². The Labute approximate surface area is 409 Å². The van der Waals surface area contributed by atoms with Crippen molar-refractivity contribution in [3.8, 4) is 0 Å². The van der Waals surface area contributed by atoms with Gasteiger partial charge in [-0.25, -0.2) is 9.78 Å². The van der Waals surface area contributed by atoms with Gasteiger partial charge in [0.15, 0.2) is 5.96 Å². The first-order valence-electron chi connectivity index (χ1n) is 23.9. The number of H-pyrrole nitrogens is 1. The van der Waals surface area contributed by atoms with E-state index in [4.69, 9.17) is 17.2 Å². The Balaban J connectivity index is 2.22. The molecular formula is C45H78N14O11. The maximum Gasteiger partial charge on any atom is 0.326 e. The van der Waals surface area contributed by atoms with Crippen LogP contribution in [-0.4, -0.2) is 159 Å². The van der Waals surface area contributed by atoms with E-state index >= 15 is 0 Å². The fourth-order valence-electron chi connectivity index (χ4n) is 7.69. The fourth-order valence-corrected chi connectivity index (χ4v) is 7.69. The minimum absolute atomic E-state index is 0.0332. The zero-order valence-corrected chi connectivity index (χ0v) is 41.7.